The molecule has 0 bridgehead atoms. The highest BCUT2D eigenvalue weighted by Gasteiger charge is 2.21. The minimum absolute atomic E-state index is 0.506. The fraction of sp³-hybridized carbons (Fsp3) is 0.533. The maximum Gasteiger partial charge on any atom is 0.106 e. The molecule has 0 aromatic heterocycles. The number of hydrogen-bond acceptors (Lipinski definition) is 2. The number of thiocarbonyl (C=S) groups is 1. The number of aryl methyl sites for hydroxylation is 1. The van der Waals surface area contributed by atoms with Gasteiger partial charge in [-0.2, -0.15) is 0 Å². The van der Waals surface area contributed by atoms with Crippen molar-refractivity contribution >= 4 is 22.9 Å². The van der Waals surface area contributed by atoms with Crippen LogP contribution in [0.3, 0.4) is 0 Å². The maximum absolute atomic E-state index is 5.85. The average Bonchev–Trinajstić information content (AvgIpc) is 2.38. The van der Waals surface area contributed by atoms with Gasteiger partial charge in [0.05, 0.1) is 0 Å². The Morgan fingerprint density at radius 1 is 1.39 bits per heavy atom. The lowest BCUT2D eigenvalue weighted by molar-refractivity contribution is 0.395. The summed E-state index contributed by atoms with van der Waals surface area (Å²) >= 11 is 5.18. The van der Waals surface area contributed by atoms with Gasteiger partial charge in [0.2, 0.25) is 0 Å². The molecule has 0 amide bonds. The largest absolute Gasteiger partial charge is 0.389 e. The molecule has 1 saturated heterocycles. The molecule has 2 rings (SSSR count). The Morgan fingerprint density at radius 3 is 2.61 bits per heavy atom. The number of nitrogens with zero attached hydrogens (tertiary/aromatic N) is 1. The van der Waals surface area contributed by atoms with E-state index in [9.17, 15) is 0 Å². The van der Waals surface area contributed by atoms with Crippen LogP contribution in [0.1, 0.15) is 37.3 Å². The third kappa shape index (κ3) is 2.66. The minimum Gasteiger partial charge on any atom is -0.389 e. The first-order chi connectivity index (χ1) is 8.63. The molecule has 2 N–H and O–H groups in total. The SMILES string of the molecule is CCC1CCN(c2c(C)cccc2C(N)=S)CC1. The Hall–Kier alpha value is -1.09. The molecule has 0 spiro atoms. The summed E-state index contributed by atoms with van der Waals surface area (Å²) in [6, 6.07) is 6.21. The van der Waals surface area contributed by atoms with Gasteiger partial charge in [-0.25, -0.2) is 0 Å². The summed E-state index contributed by atoms with van der Waals surface area (Å²) in [5, 5.41) is 0. The molecule has 1 aliphatic heterocycles. The van der Waals surface area contributed by atoms with E-state index in [4.69, 9.17) is 18.0 Å². The number of benzene rings is 1. The second kappa shape index (κ2) is 5.70. The zero-order valence-corrected chi connectivity index (χ0v) is 12.1. The maximum atomic E-state index is 5.85. The molecule has 1 aliphatic rings. The van der Waals surface area contributed by atoms with E-state index in [1.807, 2.05) is 12.1 Å². The molecule has 0 atom stereocenters. The summed E-state index contributed by atoms with van der Waals surface area (Å²) in [6.07, 6.45) is 3.85. The lowest BCUT2D eigenvalue weighted by atomic mass is 9.93. The van der Waals surface area contributed by atoms with Crippen LogP contribution >= 0.6 is 12.2 Å². The van der Waals surface area contributed by atoms with Crippen molar-refractivity contribution in [1.29, 1.82) is 0 Å². The smallest absolute Gasteiger partial charge is 0.106 e. The highest BCUT2D eigenvalue weighted by molar-refractivity contribution is 7.80. The summed E-state index contributed by atoms with van der Waals surface area (Å²) in [4.78, 5) is 2.96. The first-order valence-electron chi connectivity index (χ1n) is 6.77. The van der Waals surface area contributed by atoms with E-state index in [2.05, 4.69) is 24.8 Å². The van der Waals surface area contributed by atoms with Gasteiger partial charge in [-0.15, -0.1) is 0 Å². The monoisotopic (exact) mass is 262 g/mol. The van der Waals surface area contributed by atoms with E-state index in [0.717, 1.165) is 24.6 Å². The van der Waals surface area contributed by atoms with Gasteiger partial charge in [-0.3, -0.25) is 0 Å². The van der Waals surface area contributed by atoms with E-state index >= 15 is 0 Å². The third-order valence-electron chi connectivity index (χ3n) is 4.01. The minimum atomic E-state index is 0.506. The van der Waals surface area contributed by atoms with Gasteiger partial charge in [0.1, 0.15) is 4.99 Å². The van der Waals surface area contributed by atoms with Crippen LogP contribution in [0, 0.1) is 12.8 Å². The number of rotatable bonds is 3. The Bertz CT molecular complexity index is 434. The van der Waals surface area contributed by atoms with Gasteiger partial charge in [0.25, 0.3) is 0 Å². The summed E-state index contributed by atoms with van der Waals surface area (Å²) in [6.45, 7) is 6.68. The molecule has 0 unspecified atom stereocenters. The Kier molecular flexibility index (Phi) is 4.23. The topological polar surface area (TPSA) is 29.3 Å². The number of piperidine rings is 1. The molecule has 98 valence electrons. The molecule has 0 radical (unpaired) electrons. The molecular formula is C15H22N2S. The van der Waals surface area contributed by atoms with Crippen molar-refractivity contribution in [2.24, 2.45) is 11.7 Å². The molecule has 3 heteroatoms. The van der Waals surface area contributed by atoms with Crippen molar-refractivity contribution in [2.45, 2.75) is 33.1 Å². The molecule has 18 heavy (non-hydrogen) atoms. The Balaban J connectivity index is 2.26. The summed E-state index contributed by atoms with van der Waals surface area (Å²) < 4.78 is 0. The second-order valence-corrected chi connectivity index (χ2v) is 5.61. The second-order valence-electron chi connectivity index (χ2n) is 5.17. The van der Waals surface area contributed by atoms with E-state index in [1.54, 1.807) is 0 Å². The van der Waals surface area contributed by atoms with Crippen molar-refractivity contribution in [3.63, 3.8) is 0 Å². The Morgan fingerprint density at radius 2 is 2.06 bits per heavy atom. The quantitative estimate of drug-likeness (QED) is 0.848. The van der Waals surface area contributed by atoms with E-state index in [-0.39, 0.29) is 0 Å². The molecule has 1 heterocycles. The van der Waals surface area contributed by atoms with E-state index in [1.165, 1.54) is 30.5 Å². The number of anilines is 1. The van der Waals surface area contributed by atoms with Crippen LogP contribution in [-0.2, 0) is 0 Å². The lowest BCUT2D eigenvalue weighted by Crippen LogP contribution is -2.35. The average molecular weight is 262 g/mol. The van der Waals surface area contributed by atoms with Gasteiger partial charge in [-0.05, 0) is 37.3 Å². The van der Waals surface area contributed by atoms with Crippen molar-refractivity contribution in [2.75, 3.05) is 18.0 Å². The van der Waals surface area contributed by atoms with Crippen LogP contribution in [0.2, 0.25) is 0 Å². The highest BCUT2D eigenvalue weighted by Crippen LogP contribution is 2.30. The van der Waals surface area contributed by atoms with Gasteiger partial charge in [0.15, 0.2) is 0 Å². The van der Waals surface area contributed by atoms with Crippen molar-refractivity contribution in [3.8, 4) is 0 Å². The molecule has 1 fully saturated rings. The van der Waals surface area contributed by atoms with Crippen LogP contribution in [0.5, 0.6) is 0 Å². The molecule has 0 aliphatic carbocycles. The van der Waals surface area contributed by atoms with Crippen LogP contribution in [0.4, 0.5) is 5.69 Å². The van der Waals surface area contributed by atoms with Gasteiger partial charge >= 0.3 is 0 Å². The highest BCUT2D eigenvalue weighted by atomic mass is 32.1. The van der Waals surface area contributed by atoms with Crippen molar-refractivity contribution < 1.29 is 0 Å². The fourth-order valence-corrected chi connectivity index (χ4v) is 3.01. The predicted octanol–water partition coefficient (Wildman–Crippen LogP) is 3.26. The fourth-order valence-electron chi connectivity index (χ4n) is 2.84. The van der Waals surface area contributed by atoms with Gasteiger partial charge < -0.3 is 10.6 Å². The molecule has 0 saturated carbocycles. The number of para-hydroxylation sites is 1. The summed E-state index contributed by atoms with van der Waals surface area (Å²) in [7, 11) is 0. The van der Waals surface area contributed by atoms with Gasteiger partial charge in [-0.1, -0.05) is 37.7 Å². The van der Waals surface area contributed by atoms with Crippen LogP contribution in [0.15, 0.2) is 18.2 Å². The van der Waals surface area contributed by atoms with Gasteiger partial charge in [0, 0.05) is 24.3 Å². The van der Waals surface area contributed by atoms with Crippen LogP contribution < -0.4 is 10.6 Å². The standard InChI is InChI=1S/C15H22N2S/c1-3-12-7-9-17(10-8-12)14-11(2)5-4-6-13(14)15(16)18/h4-6,12H,3,7-10H2,1-2H3,(H2,16,18). The number of nitrogens with two attached hydrogens (primary N) is 1. The normalized spacial score (nSPS) is 16.9. The predicted molar refractivity (Wildman–Crippen MR) is 82.3 cm³/mol. The summed E-state index contributed by atoms with van der Waals surface area (Å²) in [5.74, 6) is 0.888. The molecular weight excluding hydrogens is 240 g/mol. The van der Waals surface area contributed by atoms with Crippen molar-refractivity contribution in [1.82, 2.24) is 0 Å². The first kappa shape index (κ1) is 13.3. The Labute approximate surface area is 115 Å². The number of hydrogen-bond donors (Lipinski definition) is 1. The first-order valence-corrected chi connectivity index (χ1v) is 7.18. The zero-order chi connectivity index (χ0) is 13.1. The molecule has 2 nitrogen and oxygen atoms in total. The molecule has 1 aromatic carbocycles. The lowest BCUT2D eigenvalue weighted by Gasteiger charge is -2.35. The van der Waals surface area contributed by atoms with Crippen LogP contribution in [-0.4, -0.2) is 18.1 Å². The molecule has 1 aromatic rings. The third-order valence-corrected chi connectivity index (χ3v) is 4.23. The van der Waals surface area contributed by atoms with Crippen molar-refractivity contribution in [3.05, 3.63) is 29.3 Å². The van der Waals surface area contributed by atoms with E-state index in [0.29, 0.717) is 4.99 Å². The van der Waals surface area contributed by atoms with Crippen LogP contribution in [0.25, 0.3) is 0 Å². The van der Waals surface area contributed by atoms with E-state index < -0.39 is 0 Å². The zero-order valence-electron chi connectivity index (χ0n) is 11.3. The summed E-state index contributed by atoms with van der Waals surface area (Å²) in [5.41, 5.74) is 9.40.